The first-order valence-electron chi connectivity index (χ1n) is 6.80. The minimum Gasteiger partial charge on any atom is -0.497 e. The average molecular weight is 358 g/mol. The van der Waals surface area contributed by atoms with Gasteiger partial charge in [-0.15, -0.1) is 23.7 Å². The van der Waals surface area contributed by atoms with E-state index in [1.165, 1.54) is 11.3 Å². The van der Waals surface area contributed by atoms with Gasteiger partial charge < -0.3 is 15.2 Å². The van der Waals surface area contributed by atoms with E-state index in [4.69, 9.17) is 15.2 Å². The highest BCUT2D eigenvalue weighted by Crippen LogP contribution is 2.28. The number of methoxy groups -OCH3 is 2. The fourth-order valence-corrected chi connectivity index (χ4v) is 2.68. The predicted molar refractivity (Wildman–Crippen MR) is 93.8 cm³/mol. The number of anilines is 1. The molecule has 2 N–H and O–H groups in total. The molecular weight excluding hydrogens is 338 g/mol. The second-order valence-corrected chi connectivity index (χ2v) is 5.38. The summed E-state index contributed by atoms with van der Waals surface area (Å²) in [7, 11) is 3.19. The first-order valence-corrected chi connectivity index (χ1v) is 7.68. The Balaban J connectivity index is 0.00000264. The van der Waals surface area contributed by atoms with E-state index in [0.29, 0.717) is 29.7 Å². The van der Waals surface area contributed by atoms with E-state index in [0.717, 1.165) is 5.56 Å². The summed E-state index contributed by atoms with van der Waals surface area (Å²) in [6, 6.07) is 5.52. The van der Waals surface area contributed by atoms with Crippen molar-refractivity contribution in [1.29, 1.82) is 0 Å². The third-order valence-corrected chi connectivity index (χ3v) is 3.93. The van der Waals surface area contributed by atoms with Crippen LogP contribution in [-0.2, 0) is 11.3 Å². The van der Waals surface area contributed by atoms with Crippen LogP contribution in [0.3, 0.4) is 0 Å². The molecule has 6 nitrogen and oxygen atoms in total. The summed E-state index contributed by atoms with van der Waals surface area (Å²) in [6.07, 6.45) is 1.95. The second kappa shape index (κ2) is 9.34. The fourth-order valence-electron chi connectivity index (χ4n) is 2.02. The first-order chi connectivity index (χ1) is 10.7. The monoisotopic (exact) mass is 357 g/mol. The predicted octanol–water partition coefficient (Wildman–Crippen LogP) is 2.46. The van der Waals surface area contributed by atoms with Crippen molar-refractivity contribution in [3.05, 3.63) is 35.3 Å². The van der Waals surface area contributed by atoms with Crippen LogP contribution in [0.25, 0.3) is 0 Å². The number of nitrogens with two attached hydrogens (primary N) is 1. The normalized spacial score (nSPS) is 9.87. The van der Waals surface area contributed by atoms with Crippen LogP contribution >= 0.6 is 23.7 Å². The van der Waals surface area contributed by atoms with Gasteiger partial charge in [-0.25, -0.2) is 4.98 Å². The van der Waals surface area contributed by atoms with Gasteiger partial charge in [0.25, 0.3) is 0 Å². The zero-order chi connectivity index (χ0) is 15.9. The zero-order valence-electron chi connectivity index (χ0n) is 13.0. The van der Waals surface area contributed by atoms with E-state index in [2.05, 4.69) is 4.98 Å². The van der Waals surface area contributed by atoms with Gasteiger partial charge in [0.2, 0.25) is 5.91 Å². The van der Waals surface area contributed by atoms with E-state index in [-0.39, 0.29) is 24.7 Å². The number of carbonyl (C=O) groups is 1. The van der Waals surface area contributed by atoms with E-state index >= 15 is 0 Å². The highest BCUT2D eigenvalue weighted by atomic mass is 35.5. The molecule has 0 atom stereocenters. The number of rotatable bonds is 7. The molecule has 1 aromatic heterocycles. The number of benzene rings is 1. The van der Waals surface area contributed by atoms with Gasteiger partial charge in [0.05, 0.1) is 20.8 Å². The van der Waals surface area contributed by atoms with Crippen LogP contribution < -0.4 is 20.1 Å². The van der Waals surface area contributed by atoms with Crippen LogP contribution in [0.5, 0.6) is 11.5 Å². The number of amides is 1. The molecule has 2 aromatic rings. The Morgan fingerprint density at radius 3 is 2.70 bits per heavy atom. The van der Waals surface area contributed by atoms with Gasteiger partial charge in [-0.05, 0) is 12.1 Å². The molecule has 0 fully saturated rings. The molecule has 1 aromatic carbocycles. The van der Waals surface area contributed by atoms with Gasteiger partial charge in [0.1, 0.15) is 11.5 Å². The Bertz CT molecular complexity index is 622. The molecule has 23 heavy (non-hydrogen) atoms. The minimum absolute atomic E-state index is 0. The molecular formula is C15H20ClN3O3S. The topological polar surface area (TPSA) is 77.7 Å². The van der Waals surface area contributed by atoms with Crippen molar-refractivity contribution >= 4 is 34.8 Å². The standard InChI is InChI=1S/C15H19N3O3S.ClH/c1-20-12-4-3-11(13(9-12)21-2)10-18(14(19)5-6-16)15-17-7-8-22-15;/h3-4,7-9H,5-6,10,16H2,1-2H3;1H. The van der Waals surface area contributed by atoms with E-state index in [1.807, 2.05) is 17.5 Å². The SMILES string of the molecule is COc1ccc(CN(C(=O)CCN)c2nccs2)c(OC)c1.Cl. The van der Waals surface area contributed by atoms with Gasteiger partial charge in [0.15, 0.2) is 5.13 Å². The molecule has 0 saturated heterocycles. The van der Waals surface area contributed by atoms with Crippen LogP contribution in [0.2, 0.25) is 0 Å². The first kappa shape index (κ1) is 19.2. The molecule has 0 radical (unpaired) electrons. The quantitative estimate of drug-likeness (QED) is 0.823. The lowest BCUT2D eigenvalue weighted by Gasteiger charge is -2.21. The Hall–Kier alpha value is -1.83. The summed E-state index contributed by atoms with van der Waals surface area (Å²) in [5.74, 6) is 1.31. The number of nitrogens with zero attached hydrogens (tertiary/aromatic N) is 2. The van der Waals surface area contributed by atoms with Crippen molar-refractivity contribution in [2.24, 2.45) is 5.73 Å². The Labute approximate surface area is 145 Å². The summed E-state index contributed by atoms with van der Waals surface area (Å²) in [6.45, 7) is 0.681. The highest BCUT2D eigenvalue weighted by Gasteiger charge is 2.19. The molecule has 1 amide bonds. The Morgan fingerprint density at radius 1 is 1.35 bits per heavy atom. The van der Waals surface area contributed by atoms with Crippen molar-refractivity contribution in [1.82, 2.24) is 4.98 Å². The minimum atomic E-state index is -0.0599. The molecule has 0 aliphatic rings. The number of hydrogen-bond donors (Lipinski definition) is 1. The summed E-state index contributed by atoms with van der Waals surface area (Å²) in [4.78, 5) is 18.2. The number of ether oxygens (including phenoxy) is 2. The highest BCUT2D eigenvalue weighted by molar-refractivity contribution is 7.13. The molecule has 0 saturated carbocycles. The van der Waals surface area contributed by atoms with Crippen molar-refractivity contribution in [3.8, 4) is 11.5 Å². The van der Waals surface area contributed by atoms with Crippen LogP contribution in [0, 0.1) is 0 Å². The van der Waals surface area contributed by atoms with Crippen molar-refractivity contribution < 1.29 is 14.3 Å². The lowest BCUT2D eigenvalue weighted by atomic mass is 10.1. The average Bonchev–Trinajstić information content (AvgIpc) is 3.06. The van der Waals surface area contributed by atoms with Crippen LogP contribution in [0.4, 0.5) is 5.13 Å². The molecule has 8 heteroatoms. The molecule has 2 rings (SSSR count). The number of aromatic nitrogens is 1. The van der Waals surface area contributed by atoms with Crippen LogP contribution in [0.15, 0.2) is 29.8 Å². The smallest absolute Gasteiger partial charge is 0.230 e. The van der Waals surface area contributed by atoms with Crippen LogP contribution in [0.1, 0.15) is 12.0 Å². The van der Waals surface area contributed by atoms with E-state index in [9.17, 15) is 4.79 Å². The van der Waals surface area contributed by atoms with Crippen LogP contribution in [-0.4, -0.2) is 31.7 Å². The molecule has 126 valence electrons. The molecule has 0 spiro atoms. The van der Waals surface area contributed by atoms with E-state index in [1.54, 1.807) is 31.4 Å². The molecule has 0 unspecified atom stereocenters. The van der Waals surface area contributed by atoms with Gasteiger partial charge in [0, 0.05) is 36.2 Å². The van der Waals surface area contributed by atoms with Gasteiger partial charge in [-0.2, -0.15) is 0 Å². The zero-order valence-corrected chi connectivity index (χ0v) is 14.7. The summed E-state index contributed by atoms with van der Waals surface area (Å²) in [5, 5.41) is 2.49. The Morgan fingerprint density at radius 2 is 2.13 bits per heavy atom. The lowest BCUT2D eigenvalue weighted by Crippen LogP contribution is -2.31. The molecule has 0 aliphatic carbocycles. The Kier molecular flexibility index (Phi) is 7.80. The summed E-state index contributed by atoms with van der Waals surface area (Å²) >= 11 is 1.41. The second-order valence-electron chi connectivity index (χ2n) is 4.51. The van der Waals surface area contributed by atoms with E-state index < -0.39 is 0 Å². The third kappa shape index (κ3) is 4.82. The summed E-state index contributed by atoms with van der Waals surface area (Å²) in [5.41, 5.74) is 6.38. The number of halogens is 1. The molecule has 1 heterocycles. The van der Waals surface area contributed by atoms with Gasteiger partial charge >= 0.3 is 0 Å². The number of carbonyl (C=O) groups excluding carboxylic acids is 1. The molecule has 0 aliphatic heterocycles. The van der Waals surface area contributed by atoms with Crippen molar-refractivity contribution in [3.63, 3.8) is 0 Å². The van der Waals surface area contributed by atoms with Crippen molar-refractivity contribution in [2.45, 2.75) is 13.0 Å². The van der Waals surface area contributed by atoms with Gasteiger partial charge in [-0.1, -0.05) is 0 Å². The maximum atomic E-state index is 12.3. The number of thiazole rings is 1. The maximum Gasteiger partial charge on any atom is 0.230 e. The molecule has 0 bridgehead atoms. The fraction of sp³-hybridized carbons (Fsp3) is 0.333. The largest absolute Gasteiger partial charge is 0.497 e. The van der Waals surface area contributed by atoms with Gasteiger partial charge in [-0.3, -0.25) is 9.69 Å². The number of hydrogen-bond acceptors (Lipinski definition) is 6. The maximum absolute atomic E-state index is 12.3. The van der Waals surface area contributed by atoms with Crippen molar-refractivity contribution in [2.75, 3.05) is 25.7 Å². The lowest BCUT2D eigenvalue weighted by molar-refractivity contribution is -0.118. The third-order valence-electron chi connectivity index (χ3n) is 3.13. The summed E-state index contributed by atoms with van der Waals surface area (Å²) < 4.78 is 10.6.